The van der Waals surface area contributed by atoms with Gasteiger partial charge in [-0.05, 0) is 51.0 Å². The molecule has 1 saturated heterocycles. The number of aryl methyl sites for hydroxylation is 1. The van der Waals surface area contributed by atoms with Crippen LogP contribution in [0.4, 0.5) is 4.39 Å². The van der Waals surface area contributed by atoms with Gasteiger partial charge in [-0.1, -0.05) is 5.16 Å². The fraction of sp³-hybridized carbons (Fsp3) is 0.368. The zero-order valence-corrected chi connectivity index (χ0v) is 15.1. The van der Waals surface area contributed by atoms with Crippen molar-refractivity contribution in [2.75, 3.05) is 6.54 Å². The Labute approximate surface area is 155 Å². The van der Waals surface area contributed by atoms with Gasteiger partial charge >= 0.3 is 0 Å². The minimum Gasteiger partial charge on any atom is -0.340 e. The summed E-state index contributed by atoms with van der Waals surface area (Å²) in [6.07, 6.45) is 3.47. The summed E-state index contributed by atoms with van der Waals surface area (Å²) in [5.41, 5.74) is 1.32. The van der Waals surface area contributed by atoms with Gasteiger partial charge in [0.25, 0.3) is 11.8 Å². The number of hydrogen-bond donors (Lipinski definition) is 1. The highest BCUT2D eigenvalue weighted by Crippen LogP contribution is 2.30. The number of aromatic amines is 1. The molecular formula is C19H20FN5O2. The van der Waals surface area contributed by atoms with E-state index >= 15 is 0 Å². The maximum Gasteiger partial charge on any atom is 0.293 e. The molecule has 3 heterocycles. The molecule has 1 aliphatic rings. The van der Waals surface area contributed by atoms with Gasteiger partial charge in [-0.2, -0.15) is 4.98 Å². The summed E-state index contributed by atoms with van der Waals surface area (Å²) >= 11 is 0. The monoisotopic (exact) mass is 369 g/mol. The fourth-order valence-electron chi connectivity index (χ4n) is 3.38. The Bertz CT molecular complexity index is 949. The molecule has 1 aliphatic heterocycles. The van der Waals surface area contributed by atoms with E-state index in [-0.39, 0.29) is 23.7 Å². The van der Waals surface area contributed by atoms with Gasteiger partial charge in [-0.15, -0.1) is 0 Å². The Morgan fingerprint density at radius 3 is 2.74 bits per heavy atom. The van der Waals surface area contributed by atoms with Crippen molar-refractivity contribution in [2.24, 2.45) is 0 Å². The maximum atomic E-state index is 13.1. The molecule has 3 aromatic rings. The molecule has 1 fully saturated rings. The van der Waals surface area contributed by atoms with Crippen LogP contribution in [-0.2, 0) is 0 Å². The van der Waals surface area contributed by atoms with Crippen LogP contribution in [0.1, 0.15) is 47.6 Å². The van der Waals surface area contributed by atoms with Crippen molar-refractivity contribution in [2.45, 2.75) is 38.6 Å². The molecule has 1 amide bonds. The summed E-state index contributed by atoms with van der Waals surface area (Å²) < 4.78 is 18.5. The number of imidazole rings is 1. The minimum absolute atomic E-state index is 0.0147. The van der Waals surface area contributed by atoms with Crippen LogP contribution in [0.2, 0.25) is 0 Å². The van der Waals surface area contributed by atoms with Crippen molar-refractivity contribution < 1.29 is 13.7 Å². The van der Waals surface area contributed by atoms with E-state index in [0.717, 1.165) is 18.5 Å². The molecule has 4 rings (SSSR count). The molecule has 0 spiro atoms. The van der Waals surface area contributed by atoms with Crippen LogP contribution in [0.15, 0.2) is 35.0 Å². The SMILES string of the molecule is Cc1c[nH]c(-c2nc([C@H]3CC[C@@H](C)N(C(=O)c4ccc(F)cc4)C3)no2)n1. The van der Waals surface area contributed by atoms with Crippen molar-refractivity contribution in [1.29, 1.82) is 0 Å². The molecule has 140 valence electrons. The number of likely N-dealkylation sites (tertiary alicyclic amines) is 1. The van der Waals surface area contributed by atoms with Gasteiger partial charge in [0.2, 0.25) is 0 Å². The predicted molar refractivity (Wildman–Crippen MR) is 95.5 cm³/mol. The van der Waals surface area contributed by atoms with Crippen LogP contribution < -0.4 is 0 Å². The molecule has 8 heteroatoms. The first-order valence-electron chi connectivity index (χ1n) is 8.94. The number of halogens is 1. The van der Waals surface area contributed by atoms with Crippen molar-refractivity contribution in [1.82, 2.24) is 25.0 Å². The molecule has 0 radical (unpaired) electrons. The van der Waals surface area contributed by atoms with Gasteiger partial charge in [0.05, 0.1) is 5.69 Å². The number of hydrogen-bond acceptors (Lipinski definition) is 5. The molecule has 1 aromatic carbocycles. The quantitative estimate of drug-likeness (QED) is 0.765. The number of aromatic nitrogens is 4. The van der Waals surface area contributed by atoms with E-state index in [2.05, 4.69) is 20.1 Å². The molecule has 0 saturated carbocycles. The topological polar surface area (TPSA) is 87.9 Å². The third-order valence-corrected chi connectivity index (χ3v) is 4.95. The van der Waals surface area contributed by atoms with E-state index in [1.54, 1.807) is 11.1 Å². The van der Waals surface area contributed by atoms with E-state index in [9.17, 15) is 9.18 Å². The van der Waals surface area contributed by atoms with Crippen LogP contribution in [-0.4, -0.2) is 43.5 Å². The van der Waals surface area contributed by atoms with Crippen LogP contribution in [0.25, 0.3) is 11.7 Å². The highest BCUT2D eigenvalue weighted by molar-refractivity contribution is 5.94. The lowest BCUT2D eigenvalue weighted by Gasteiger charge is -2.37. The second kappa shape index (κ2) is 6.94. The average Bonchev–Trinajstić information content (AvgIpc) is 3.31. The molecule has 0 aliphatic carbocycles. The highest BCUT2D eigenvalue weighted by Gasteiger charge is 2.33. The Balaban J connectivity index is 1.53. The van der Waals surface area contributed by atoms with Gasteiger partial charge in [0, 0.05) is 30.3 Å². The van der Waals surface area contributed by atoms with E-state index in [1.807, 2.05) is 13.8 Å². The molecule has 2 aromatic heterocycles. The smallest absolute Gasteiger partial charge is 0.293 e. The lowest BCUT2D eigenvalue weighted by atomic mass is 9.92. The summed E-state index contributed by atoms with van der Waals surface area (Å²) in [6.45, 7) is 4.39. The standard InChI is InChI=1S/C19H20FN5O2/c1-11-9-21-17(22-11)18-23-16(24-27-18)14-4-3-12(2)25(10-14)19(26)13-5-7-15(20)8-6-13/h5-9,12,14H,3-4,10H2,1-2H3,(H,21,22)/t12-,14+/m1/s1. The number of benzene rings is 1. The molecule has 7 nitrogen and oxygen atoms in total. The Morgan fingerprint density at radius 2 is 2.04 bits per heavy atom. The Hall–Kier alpha value is -3.03. The number of piperidine rings is 1. The summed E-state index contributed by atoms with van der Waals surface area (Å²) in [6, 6.07) is 5.73. The van der Waals surface area contributed by atoms with Crippen LogP contribution in [0.3, 0.4) is 0 Å². The van der Waals surface area contributed by atoms with Crippen molar-refractivity contribution >= 4 is 5.91 Å². The number of amides is 1. The van der Waals surface area contributed by atoms with Gasteiger partial charge in [0.1, 0.15) is 5.82 Å². The van der Waals surface area contributed by atoms with Gasteiger partial charge in [-0.3, -0.25) is 4.79 Å². The van der Waals surface area contributed by atoms with Gasteiger partial charge < -0.3 is 14.4 Å². The number of nitrogens with zero attached hydrogens (tertiary/aromatic N) is 4. The zero-order valence-electron chi connectivity index (χ0n) is 15.1. The normalized spacial score (nSPS) is 20.0. The number of carbonyl (C=O) groups is 1. The van der Waals surface area contributed by atoms with Crippen LogP contribution in [0.5, 0.6) is 0 Å². The number of nitrogens with one attached hydrogen (secondary N) is 1. The lowest BCUT2D eigenvalue weighted by Crippen LogP contribution is -2.45. The first-order valence-corrected chi connectivity index (χ1v) is 8.94. The molecule has 0 bridgehead atoms. The molecule has 1 N–H and O–H groups in total. The summed E-state index contributed by atoms with van der Waals surface area (Å²) in [4.78, 5) is 26.4. The molecular weight excluding hydrogens is 349 g/mol. The minimum atomic E-state index is -0.358. The predicted octanol–water partition coefficient (Wildman–Crippen LogP) is 3.32. The van der Waals surface area contributed by atoms with E-state index in [1.165, 1.54) is 24.3 Å². The van der Waals surface area contributed by atoms with Gasteiger partial charge in [0.15, 0.2) is 11.6 Å². The summed E-state index contributed by atoms with van der Waals surface area (Å²) in [7, 11) is 0. The van der Waals surface area contributed by atoms with Crippen molar-refractivity contribution in [3.63, 3.8) is 0 Å². The molecule has 2 atom stereocenters. The number of H-pyrrole nitrogens is 1. The third-order valence-electron chi connectivity index (χ3n) is 4.95. The van der Waals surface area contributed by atoms with Crippen LogP contribution >= 0.6 is 0 Å². The van der Waals surface area contributed by atoms with Crippen LogP contribution in [0, 0.1) is 12.7 Å². The first-order chi connectivity index (χ1) is 13.0. The number of carbonyl (C=O) groups excluding carboxylic acids is 1. The second-order valence-electron chi connectivity index (χ2n) is 6.94. The third kappa shape index (κ3) is 3.47. The second-order valence-corrected chi connectivity index (χ2v) is 6.94. The highest BCUT2D eigenvalue weighted by atomic mass is 19.1. The largest absolute Gasteiger partial charge is 0.340 e. The molecule has 27 heavy (non-hydrogen) atoms. The van der Waals surface area contributed by atoms with Gasteiger partial charge in [-0.25, -0.2) is 9.37 Å². The Kier molecular flexibility index (Phi) is 4.47. The fourth-order valence-corrected chi connectivity index (χ4v) is 3.38. The Morgan fingerprint density at radius 1 is 1.26 bits per heavy atom. The first kappa shape index (κ1) is 17.4. The van der Waals surface area contributed by atoms with Crippen molar-refractivity contribution in [3.05, 3.63) is 53.4 Å². The number of rotatable bonds is 3. The lowest BCUT2D eigenvalue weighted by molar-refractivity contribution is 0.0604. The van der Waals surface area contributed by atoms with E-state index in [4.69, 9.17) is 4.52 Å². The zero-order chi connectivity index (χ0) is 19.0. The van der Waals surface area contributed by atoms with E-state index < -0.39 is 0 Å². The molecule has 0 unspecified atom stereocenters. The van der Waals surface area contributed by atoms with E-state index in [0.29, 0.717) is 29.6 Å². The summed E-state index contributed by atoms with van der Waals surface area (Å²) in [5.74, 6) is 0.964. The average molecular weight is 369 g/mol. The van der Waals surface area contributed by atoms with Crippen molar-refractivity contribution in [3.8, 4) is 11.7 Å². The summed E-state index contributed by atoms with van der Waals surface area (Å²) in [5, 5.41) is 4.09. The maximum absolute atomic E-state index is 13.1.